The summed E-state index contributed by atoms with van der Waals surface area (Å²) < 4.78 is 36.1. The average Bonchev–Trinajstić information content (AvgIpc) is 2.88. The third-order valence-corrected chi connectivity index (χ3v) is 6.80. The highest BCUT2D eigenvalue weighted by Crippen LogP contribution is 2.41. The number of piperazine rings is 1. The first kappa shape index (κ1) is 24.9. The quantitative estimate of drug-likeness (QED) is 0.597. The molecule has 9 heteroatoms. The van der Waals surface area contributed by atoms with Crippen molar-refractivity contribution in [3.63, 3.8) is 0 Å². The van der Waals surface area contributed by atoms with Gasteiger partial charge in [-0.25, -0.2) is 8.78 Å². The smallest absolute Gasteiger partial charge is 0.251 e. The van der Waals surface area contributed by atoms with Gasteiger partial charge in [-0.2, -0.15) is 0 Å². The number of benzene rings is 2. The second kappa shape index (κ2) is 11.0. The highest BCUT2D eigenvalue weighted by Gasteiger charge is 2.43. The number of carbonyl (C=O) groups is 2. The predicted molar refractivity (Wildman–Crippen MR) is 128 cm³/mol. The highest BCUT2D eigenvalue weighted by atomic mass is 19.3. The van der Waals surface area contributed by atoms with Gasteiger partial charge in [0.15, 0.2) is 0 Å². The first-order chi connectivity index (χ1) is 16.9. The summed E-state index contributed by atoms with van der Waals surface area (Å²) in [6.45, 7) is 1.34. The number of rotatable bonds is 7. The van der Waals surface area contributed by atoms with Gasteiger partial charge in [-0.15, -0.1) is 0 Å². The van der Waals surface area contributed by atoms with E-state index in [2.05, 4.69) is 0 Å². The van der Waals surface area contributed by atoms with E-state index in [1.165, 1.54) is 0 Å². The maximum Gasteiger partial charge on any atom is 0.251 e. The van der Waals surface area contributed by atoms with E-state index in [-0.39, 0.29) is 24.8 Å². The molecule has 2 amide bonds. The number of alkyl halides is 2. The van der Waals surface area contributed by atoms with E-state index in [1.54, 1.807) is 41.1 Å². The summed E-state index contributed by atoms with van der Waals surface area (Å²) in [5.74, 6) is 0.804. The largest absolute Gasteiger partial charge is 0.497 e. The minimum absolute atomic E-state index is 0.0477. The van der Waals surface area contributed by atoms with Crippen LogP contribution < -0.4 is 14.4 Å². The molecule has 0 spiro atoms. The fourth-order valence-electron chi connectivity index (χ4n) is 4.96. The van der Waals surface area contributed by atoms with Gasteiger partial charge in [0.1, 0.15) is 11.5 Å². The van der Waals surface area contributed by atoms with Crippen LogP contribution in [0.3, 0.4) is 0 Å². The van der Waals surface area contributed by atoms with E-state index in [4.69, 9.17) is 9.47 Å². The van der Waals surface area contributed by atoms with Crippen LogP contribution >= 0.6 is 0 Å². The van der Waals surface area contributed by atoms with Crippen LogP contribution in [0.5, 0.6) is 11.5 Å². The van der Waals surface area contributed by atoms with Crippen LogP contribution in [-0.2, 0) is 9.59 Å². The van der Waals surface area contributed by atoms with Crippen molar-refractivity contribution >= 4 is 17.5 Å². The summed E-state index contributed by atoms with van der Waals surface area (Å²) in [5, 5.41) is 0. The second-order valence-electron chi connectivity index (χ2n) is 8.84. The van der Waals surface area contributed by atoms with Crippen LogP contribution in [0.2, 0.25) is 0 Å². The Hall–Kier alpha value is -3.20. The average molecular weight is 488 g/mol. The van der Waals surface area contributed by atoms with Crippen LogP contribution in [0.15, 0.2) is 48.5 Å². The van der Waals surface area contributed by atoms with E-state index in [1.807, 2.05) is 36.4 Å². The SMILES string of the molecule is COc1ccc(C2C(C(=O)N3CCN(CC(F)F)CC3)CCC(=O)N2c2ccc(OC)cc2)cc1. The van der Waals surface area contributed by atoms with Gasteiger partial charge >= 0.3 is 0 Å². The maximum absolute atomic E-state index is 13.7. The number of carbonyl (C=O) groups excluding carboxylic acids is 2. The molecule has 188 valence electrons. The molecule has 0 aromatic heterocycles. The standard InChI is InChI=1S/C26H31F2N3O4/c1-34-20-7-3-18(4-8-20)25-22(26(33)30-15-13-29(14-16-30)17-23(27)28)11-12-24(32)31(25)19-5-9-21(35-2)10-6-19/h3-10,22-23,25H,11-17H2,1-2H3. The molecule has 2 fully saturated rings. The van der Waals surface area contributed by atoms with Crippen molar-refractivity contribution in [1.82, 2.24) is 9.80 Å². The zero-order valence-corrected chi connectivity index (χ0v) is 20.0. The van der Waals surface area contributed by atoms with Crippen LogP contribution in [0.25, 0.3) is 0 Å². The predicted octanol–water partition coefficient (Wildman–Crippen LogP) is 3.60. The van der Waals surface area contributed by atoms with Gasteiger partial charge < -0.3 is 19.3 Å². The molecule has 2 saturated heterocycles. The van der Waals surface area contributed by atoms with Gasteiger partial charge in [-0.05, 0) is 48.4 Å². The molecule has 0 aliphatic carbocycles. The van der Waals surface area contributed by atoms with Crippen molar-refractivity contribution < 1.29 is 27.8 Å². The normalized spacial score (nSPS) is 21.3. The van der Waals surface area contributed by atoms with E-state index < -0.39 is 18.4 Å². The Balaban J connectivity index is 1.64. The molecule has 4 rings (SSSR count). The number of piperidine rings is 1. The van der Waals surface area contributed by atoms with Gasteiger partial charge in [0.05, 0.1) is 32.7 Å². The topological polar surface area (TPSA) is 62.3 Å². The first-order valence-corrected chi connectivity index (χ1v) is 11.8. The van der Waals surface area contributed by atoms with Gasteiger partial charge in [0.25, 0.3) is 6.43 Å². The third-order valence-electron chi connectivity index (χ3n) is 6.80. The van der Waals surface area contributed by atoms with Gasteiger partial charge in [-0.1, -0.05) is 12.1 Å². The summed E-state index contributed by atoms with van der Waals surface area (Å²) in [6.07, 6.45) is -1.71. The molecule has 2 aromatic carbocycles. The summed E-state index contributed by atoms with van der Waals surface area (Å²) in [6, 6.07) is 14.2. The first-order valence-electron chi connectivity index (χ1n) is 11.8. The summed E-state index contributed by atoms with van der Waals surface area (Å²) in [7, 11) is 3.17. The van der Waals surface area contributed by atoms with E-state index >= 15 is 0 Å². The molecule has 0 saturated carbocycles. The Bertz CT molecular complexity index is 1010. The van der Waals surface area contributed by atoms with Crippen LogP contribution in [0, 0.1) is 5.92 Å². The number of ether oxygens (including phenoxy) is 2. The highest BCUT2D eigenvalue weighted by molar-refractivity contribution is 5.97. The van der Waals surface area contributed by atoms with Crippen LogP contribution in [0.4, 0.5) is 14.5 Å². The van der Waals surface area contributed by atoms with Crippen molar-refractivity contribution in [1.29, 1.82) is 0 Å². The molecular weight excluding hydrogens is 456 g/mol. The molecule has 2 unspecified atom stereocenters. The number of halogens is 2. The minimum atomic E-state index is -2.39. The van der Waals surface area contributed by atoms with Crippen LogP contribution in [0.1, 0.15) is 24.4 Å². The lowest BCUT2D eigenvalue weighted by atomic mass is 9.82. The third kappa shape index (κ3) is 5.56. The molecule has 2 aliphatic heterocycles. The lowest BCUT2D eigenvalue weighted by Crippen LogP contribution is -2.54. The second-order valence-corrected chi connectivity index (χ2v) is 8.84. The van der Waals surface area contributed by atoms with E-state index in [0.717, 1.165) is 5.56 Å². The molecule has 2 heterocycles. The molecule has 0 bridgehead atoms. The Labute approximate surface area is 204 Å². The molecule has 2 aromatic rings. The van der Waals surface area contributed by atoms with Crippen molar-refractivity contribution in [2.24, 2.45) is 5.92 Å². The van der Waals surface area contributed by atoms with Gasteiger partial charge in [-0.3, -0.25) is 14.5 Å². The van der Waals surface area contributed by atoms with Crippen LogP contribution in [-0.4, -0.2) is 75.0 Å². The Kier molecular flexibility index (Phi) is 7.85. The number of methoxy groups -OCH3 is 2. The van der Waals surface area contributed by atoms with Crippen molar-refractivity contribution in [3.05, 3.63) is 54.1 Å². The van der Waals surface area contributed by atoms with Gasteiger partial charge in [0, 0.05) is 38.3 Å². The lowest BCUT2D eigenvalue weighted by molar-refractivity contribution is -0.140. The molecule has 0 radical (unpaired) electrons. The number of amides is 2. The van der Waals surface area contributed by atoms with Crippen molar-refractivity contribution in [3.8, 4) is 11.5 Å². The van der Waals surface area contributed by atoms with Gasteiger partial charge in [0.2, 0.25) is 11.8 Å². The van der Waals surface area contributed by atoms with E-state index in [9.17, 15) is 18.4 Å². The summed E-state index contributed by atoms with van der Waals surface area (Å²) in [5.41, 5.74) is 1.53. The molecule has 35 heavy (non-hydrogen) atoms. The lowest BCUT2D eigenvalue weighted by Gasteiger charge is -2.44. The zero-order chi connectivity index (χ0) is 24.9. The monoisotopic (exact) mass is 487 g/mol. The molecule has 7 nitrogen and oxygen atoms in total. The molecule has 2 atom stereocenters. The zero-order valence-electron chi connectivity index (χ0n) is 20.0. The Morgan fingerprint density at radius 2 is 1.51 bits per heavy atom. The van der Waals surface area contributed by atoms with Crippen molar-refractivity contribution in [2.45, 2.75) is 25.3 Å². The van der Waals surface area contributed by atoms with E-state index in [0.29, 0.717) is 49.8 Å². The molecule has 0 N–H and O–H groups in total. The maximum atomic E-state index is 13.7. The fourth-order valence-corrected chi connectivity index (χ4v) is 4.96. The Morgan fingerprint density at radius 1 is 0.943 bits per heavy atom. The Morgan fingerprint density at radius 3 is 2.06 bits per heavy atom. The number of nitrogens with zero attached hydrogens (tertiary/aromatic N) is 3. The number of hydrogen-bond acceptors (Lipinski definition) is 5. The number of anilines is 1. The minimum Gasteiger partial charge on any atom is -0.497 e. The fraction of sp³-hybridized carbons (Fsp3) is 0.462. The summed E-state index contributed by atoms with van der Waals surface area (Å²) in [4.78, 5) is 32.1. The molecular formula is C26H31F2N3O4. The number of hydrogen-bond donors (Lipinski definition) is 0. The van der Waals surface area contributed by atoms with Crippen molar-refractivity contribution in [2.75, 3.05) is 51.8 Å². The summed E-state index contributed by atoms with van der Waals surface area (Å²) >= 11 is 0. The molecule has 2 aliphatic rings.